The average Bonchev–Trinajstić information content (AvgIpc) is 2.36. The van der Waals surface area contributed by atoms with Gasteiger partial charge >= 0.3 is 0 Å². The zero-order valence-electron chi connectivity index (χ0n) is 11.7. The highest BCUT2D eigenvalue weighted by Gasteiger charge is 2.18. The van der Waals surface area contributed by atoms with Crippen LogP contribution >= 0.6 is 0 Å². The largest absolute Gasteiger partial charge is 0.409 e. The monoisotopic (exact) mass is 299 g/mol. The van der Waals surface area contributed by atoms with Crippen LogP contribution in [0.25, 0.3) is 0 Å². The van der Waals surface area contributed by atoms with Gasteiger partial charge in [-0.05, 0) is 12.5 Å². The minimum Gasteiger partial charge on any atom is -0.409 e. The summed E-state index contributed by atoms with van der Waals surface area (Å²) < 4.78 is 22.6. The number of nitrogens with one attached hydrogen (secondary N) is 1. The Hall–Kier alpha value is -1.60. The Balaban J connectivity index is 2.83. The summed E-state index contributed by atoms with van der Waals surface area (Å²) in [6, 6.07) is 9.05. The number of rotatable bonds is 7. The molecule has 1 aromatic carbocycles. The van der Waals surface area contributed by atoms with Gasteiger partial charge in [-0.2, -0.15) is 0 Å². The minimum absolute atomic E-state index is 0.0342. The lowest BCUT2D eigenvalue weighted by atomic mass is 10.0. The zero-order chi connectivity index (χ0) is 15.2. The van der Waals surface area contributed by atoms with Crippen molar-refractivity contribution in [1.82, 2.24) is 5.32 Å². The van der Waals surface area contributed by atoms with E-state index in [4.69, 9.17) is 10.9 Å². The molecule has 1 aromatic rings. The van der Waals surface area contributed by atoms with Gasteiger partial charge in [-0.15, -0.1) is 0 Å². The summed E-state index contributed by atoms with van der Waals surface area (Å²) in [5.41, 5.74) is 6.51. The van der Waals surface area contributed by atoms with Crippen molar-refractivity contribution in [3.63, 3.8) is 0 Å². The van der Waals surface area contributed by atoms with Gasteiger partial charge in [-0.25, -0.2) is 8.42 Å². The van der Waals surface area contributed by atoms with E-state index in [2.05, 4.69) is 10.5 Å². The van der Waals surface area contributed by atoms with E-state index >= 15 is 0 Å². The second kappa shape index (κ2) is 7.25. The number of sulfone groups is 1. The summed E-state index contributed by atoms with van der Waals surface area (Å²) in [6.07, 6.45) is 1.50. The third-order valence-corrected chi connectivity index (χ3v) is 3.89. The standard InChI is InChI=1S/C13H21N3O3S/c1-10(9-20(2,18)19)15-12(8-13(14)16-17)11-6-4-3-5-7-11/h3-7,10,12,15,17H,8-9H2,1-2H3,(H2,14,16). The number of nitrogens with zero attached hydrogens (tertiary/aromatic N) is 1. The smallest absolute Gasteiger partial charge is 0.148 e. The van der Waals surface area contributed by atoms with Crippen LogP contribution in [0, 0.1) is 0 Å². The number of hydrogen-bond donors (Lipinski definition) is 3. The fraction of sp³-hybridized carbons (Fsp3) is 0.462. The molecule has 0 heterocycles. The third kappa shape index (κ3) is 6.03. The Morgan fingerprint density at radius 1 is 1.40 bits per heavy atom. The van der Waals surface area contributed by atoms with E-state index in [1.807, 2.05) is 30.3 Å². The van der Waals surface area contributed by atoms with Crippen LogP contribution < -0.4 is 11.1 Å². The summed E-state index contributed by atoms with van der Waals surface area (Å²) in [5.74, 6) is 0.130. The summed E-state index contributed by atoms with van der Waals surface area (Å²) in [7, 11) is -3.06. The quantitative estimate of drug-likeness (QED) is 0.300. The summed E-state index contributed by atoms with van der Waals surface area (Å²) >= 11 is 0. The van der Waals surface area contributed by atoms with Crippen LogP contribution in [0.2, 0.25) is 0 Å². The number of oxime groups is 1. The van der Waals surface area contributed by atoms with E-state index in [1.54, 1.807) is 6.92 Å². The fourth-order valence-corrected chi connectivity index (χ4v) is 3.06. The van der Waals surface area contributed by atoms with Gasteiger partial charge in [0.25, 0.3) is 0 Å². The first-order valence-electron chi connectivity index (χ1n) is 6.27. The van der Waals surface area contributed by atoms with Gasteiger partial charge in [0.1, 0.15) is 15.7 Å². The molecule has 0 bridgehead atoms. The zero-order valence-corrected chi connectivity index (χ0v) is 12.5. The first kappa shape index (κ1) is 16.5. The van der Waals surface area contributed by atoms with Crippen molar-refractivity contribution in [2.24, 2.45) is 10.9 Å². The van der Waals surface area contributed by atoms with Crippen LogP contribution in [-0.2, 0) is 9.84 Å². The van der Waals surface area contributed by atoms with E-state index in [1.165, 1.54) is 6.26 Å². The number of amidine groups is 1. The van der Waals surface area contributed by atoms with Crippen LogP contribution in [0.4, 0.5) is 0 Å². The van der Waals surface area contributed by atoms with Gasteiger partial charge in [-0.1, -0.05) is 35.5 Å². The Labute approximate surface area is 119 Å². The Bertz CT molecular complexity index is 543. The predicted molar refractivity (Wildman–Crippen MR) is 79.5 cm³/mol. The molecule has 0 saturated carbocycles. The van der Waals surface area contributed by atoms with Crippen LogP contribution in [0.5, 0.6) is 0 Å². The molecule has 0 amide bonds. The van der Waals surface area contributed by atoms with Crippen LogP contribution in [0.15, 0.2) is 35.5 Å². The highest BCUT2D eigenvalue weighted by molar-refractivity contribution is 7.90. The maximum absolute atomic E-state index is 11.3. The van der Waals surface area contributed by atoms with E-state index in [0.29, 0.717) is 6.42 Å². The average molecular weight is 299 g/mol. The number of benzene rings is 1. The van der Waals surface area contributed by atoms with Gasteiger partial charge in [-0.3, -0.25) is 0 Å². The molecule has 6 nitrogen and oxygen atoms in total. The van der Waals surface area contributed by atoms with E-state index < -0.39 is 9.84 Å². The normalized spacial score (nSPS) is 15.8. The summed E-state index contributed by atoms with van der Waals surface area (Å²) in [4.78, 5) is 0. The van der Waals surface area contributed by atoms with Crippen molar-refractivity contribution in [1.29, 1.82) is 0 Å². The molecule has 7 heteroatoms. The molecule has 0 spiro atoms. The molecule has 112 valence electrons. The molecule has 0 fully saturated rings. The Morgan fingerprint density at radius 2 is 2.00 bits per heavy atom. The lowest BCUT2D eigenvalue weighted by Crippen LogP contribution is -2.37. The molecule has 4 N–H and O–H groups in total. The minimum atomic E-state index is -3.06. The molecular weight excluding hydrogens is 278 g/mol. The molecule has 0 aromatic heterocycles. The Morgan fingerprint density at radius 3 is 2.50 bits per heavy atom. The third-order valence-electron chi connectivity index (χ3n) is 2.78. The fourth-order valence-electron chi connectivity index (χ4n) is 2.05. The highest BCUT2D eigenvalue weighted by atomic mass is 32.2. The van der Waals surface area contributed by atoms with Gasteiger partial charge in [0.05, 0.1) is 5.75 Å². The summed E-state index contributed by atoms with van der Waals surface area (Å²) in [6.45, 7) is 1.79. The van der Waals surface area contributed by atoms with Crippen molar-refractivity contribution in [3.05, 3.63) is 35.9 Å². The van der Waals surface area contributed by atoms with Gasteiger partial charge < -0.3 is 16.3 Å². The maximum Gasteiger partial charge on any atom is 0.148 e. The first-order chi connectivity index (χ1) is 9.31. The topological polar surface area (TPSA) is 105 Å². The molecule has 2 atom stereocenters. The van der Waals surface area contributed by atoms with Crippen LogP contribution in [-0.4, -0.2) is 37.5 Å². The molecule has 1 rings (SSSR count). The highest BCUT2D eigenvalue weighted by Crippen LogP contribution is 2.17. The van der Waals surface area contributed by atoms with Gasteiger partial charge in [0.2, 0.25) is 0 Å². The lowest BCUT2D eigenvalue weighted by molar-refractivity contribution is 0.315. The van der Waals surface area contributed by atoms with Crippen molar-refractivity contribution in [2.45, 2.75) is 25.4 Å². The SMILES string of the molecule is CC(CS(C)(=O)=O)NC(CC(N)=NO)c1ccccc1. The maximum atomic E-state index is 11.3. The number of hydrogen-bond acceptors (Lipinski definition) is 5. The van der Waals surface area contributed by atoms with Crippen LogP contribution in [0.1, 0.15) is 24.9 Å². The molecule has 0 aliphatic carbocycles. The molecule has 20 heavy (non-hydrogen) atoms. The molecule has 2 unspecified atom stereocenters. The molecule has 0 radical (unpaired) electrons. The van der Waals surface area contributed by atoms with Crippen molar-refractivity contribution >= 4 is 15.7 Å². The van der Waals surface area contributed by atoms with E-state index in [-0.39, 0.29) is 23.7 Å². The Kier molecular flexibility index (Phi) is 5.97. The van der Waals surface area contributed by atoms with Gasteiger partial charge in [0.15, 0.2) is 0 Å². The van der Waals surface area contributed by atoms with Crippen molar-refractivity contribution in [3.8, 4) is 0 Å². The number of nitrogens with two attached hydrogens (primary N) is 1. The lowest BCUT2D eigenvalue weighted by Gasteiger charge is -2.23. The van der Waals surface area contributed by atoms with Crippen molar-refractivity contribution in [2.75, 3.05) is 12.0 Å². The molecule has 0 aliphatic heterocycles. The molecular formula is C13H21N3O3S. The van der Waals surface area contributed by atoms with Crippen molar-refractivity contribution < 1.29 is 13.6 Å². The summed E-state index contributed by atoms with van der Waals surface area (Å²) in [5, 5.41) is 14.9. The first-order valence-corrected chi connectivity index (χ1v) is 8.33. The molecule has 0 aliphatic rings. The van der Waals surface area contributed by atoms with E-state index in [9.17, 15) is 8.42 Å². The van der Waals surface area contributed by atoms with E-state index in [0.717, 1.165) is 5.56 Å². The predicted octanol–water partition coefficient (Wildman–Crippen LogP) is 0.887. The van der Waals surface area contributed by atoms with Crippen LogP contribution in [0.3, 0.4) is 0 Å². The van der Waals surface area contributed by atoms with Gasteiger partial charge in [0, 0.05) is 24.8 Å². The molecule has 0 saturated heterocycles. The second-order valence-corrected chi connectivity index (χ2v) is 7.10. The second-order valence-electron chi connectivity index (χ2n) is 4.92.